The van der Waals surface area contributed by atoms with Gasteiger partial charge in [0.1, 0.15) is 17.9 Å². The highest BCUT2D eigenvalue weighted by molar-refractivity contribution is 6.15. The van der Waals surface area contributed by atoms with Crippen LogP contribution in [0.3, 0.4) is 0 Å². The van der Waals surface area contributed by atoms with Gasteiger partial charge < -0.3 is 14.8 Å². The van der Waals surface area contributed by atoms with Crippen LogP contribution in [0.25, 0.3) is 11.0 Å². The Labute approximate surface area is 130 Å². The summed E-state index contributed by atoms with van der Waals surface area (Å²) >= 11 is 0. The Morgan fingerprint density at radius 3 is 2.48 bits per heavy atom. The average Bonchev–Trinajstić information content (AvgIpc) is 2.91. The van der Waals surface area contributed by atoms with E-state index in [9.17, 15) is 14.0 Å². The second-order valence-electron chi connectivity index (χ2n) is 4.89. The van der Waals surface area contributed by atoms with Gasteiger partial charge in [-0.3, -0.25) is 9.59 Å². The van der Waals surface area contributed by atoms with Crippen LogP contribution in [0.1, 0.15) is 16.1 Å². The normalized spacial score (nSPS) is 10.7. The molecule has 23 heavy (non-hydrogen) atoms. The zero-order valence-corrected chi connectivity index (χ0v) is 11.9. The van der Waals surface area contributed by atoms with Gasteiger partial charge in [0.15, 0.2) is 5.76 Å². The number of benzene rings is 2. The third kappa shape index (κ3) is 2.91. The number of rotatable bonds is 5. The van der Waals surface area contributed by atoms with Gasteiger partial charge in [-0.05, 0) is 36.4 Å². The topological polar surface area (TPSA) is 79.5 Å². The summed E-state index contributed by atoms with van der Waals surface area (Å²) in [4.78, 5) is 23.4. The first-order valence-electron chi connectivity index (χ1n) is 6.83. The van der Waals surface area contributed by atoms with Crippen LogP contribution in [-0.4, -0.2) is 23.4 Å². The predicted molar refractivity (Wildman–Crippen MR) is 82.2 cm³/mol. The molecular formula is C17H12FNO4. The van der Waals surface area contributed by atoms with E-state index in [0.717, 1.165) is 0 Å². The van der Waals surface area contributed by atoms with Crippen molar-refractivity contribution in [2.24, 2.45) is 0 Å². The molecule has 3 rings (SSSR count). The number of anilines is 1. The highest BCUT2D eigenvalue weighted by Crippen LogP contribution is 2.32. The van der Waals surface area contributed by atoms with E-state index < -0.39 is 17.6 Å². The van der Waals surface area contributed by atoms with E-state index in [2.05, 4.69) is 5.32 Å². The lowest BCUT2D eigenvalue weighted by Crippen LogP contribution is -2.14. The summed E-state index contributed by atoms with van der Waals surface area (Å²) in [6.07, 6.45) is 0. The van der Waals surface area contributed by atoms with Crippen molar-refractivity contribution in [3.8, 4) is 0 Å². The number of carboxylic acid groups (broad SMARTS) is 1. The molecule has 0 aliphatic heterocycles. The highest BCUT2D eigenvalue weighted by Gasteiger charge is 2.22. The number of hydrogen-bond donors (Lipinski definition) is 2. The molecule has 0 aliphatic rings. The molecule has 0 atom stereocenters. The van der Waals surface area contributed by atoms with Crippen molar-refractivity contribution < 1.29 is 23.5 Å². The van der Waals surface area contributed by atoms with Crippen LogP contribution < -0.4 is 5.32 Å². The van der Waals surface area contributed by atoms with Crippen LogP contribution in [0.15, 0.2) is 52.9 Å². The van der Waals surface area contributed by atoms with Gasteiger partial charge in [-0.15, -0.1) is 0 Å². The number of ketones is 1. The molecule has 2 N–H and O–H groups in total. The smallest absolute Gasteiger partial charge is 0.322 e. The van der Waals surface area contributed by atoms with Gasteiger partial charge in [0, 0.05) is 10.9 Å². The quantitative estimate of drug-likeness (QED) is 0.707. The van der Waals surface area contributed by atoms with Crippen molar-refractivity contribution >= 4 is 28.4 Å². The van der Waals surface area contributed by atoms with Crippen molar-refractivity contribution in [1.82, 2.24) is 0 Å². The summed E-state index contributed by atoms with van der Waals surface area (Å²) in [5.41, 5.74) is 1.03. The van der Waals surface area contributed by atoms with Gasteiger partial charge in [-0.1, -0.05) is 12.1 Å². The van der Waals surface area contributed by atoms with E-state index in [1.54, 1.807) is 24.3 Å². The van der Waals surface area contributed by atoms with Crippen LogP contribution in [0.2, 0.25) is 0 Å². The predicted octanol–water partition coefficient (Wildman–Crippen LogP) is 3.30. The Bertz CT molecular complexity index is 883. The lowest BCUT2D eigenvalue weighted by molar-refractivity contribution is -0.134. The minimum atomic E-state index is -1.06. The average molecular weight is 313 g/mol. The number of furan rings is 1. The molecule has 0 bridgehead atoms. The molecule has 0 saturated heterocycles. The van der Waals surface area contributed by atoms with Gasteiger partial charge in [0.2, 0.25) is 5.78 Å². The van der Waals surface area contributed by atoms with Crippen molar-refractivity contribution in [2.75, 3.05) is 11.9 Å². The first-order chi connectivity index (χ1) is 11.1. The van der Waals surface area contributed by atoms with E-state index >= 15 is 0 Å². The second kappa shape index (κ2) is 5.92. The number of para-hydroxylation sites is 1. The fourth-order valence-electron chi connectivity index (χ4n) is 2.28. The molecular weight excluding hydrogens is 301 g/mol. The summed E-state index contributed by atoms with van der Waals surface area (Å²) in [5.74, 6) is -1.96. The number of hydrogen-bond acceptors (Lipinski definition) is 4. The van der Waals surface area contributed by atoms with Gasteiger partial charge in [-0.25, -0.2) is 4.39 Å². The highest BCUT2D eigenvalue weighted by atomic mass is 19.1. The van der Waals surface area contributed by atoms with Crippen LogP contribution in [-0.2, 0) is 4.79 Å². The molecule has 116 valence electrons. The monoisotopic (exact) mass is 313 g/mol. The summed E-state index contributed by atoms with van der Waals surface area (Å²) in [6, 6.07) is 12.0. The number of carbonyl (C=O) groups is 2. The lowest BCUT2D eigenvalue weighted by atomic mass is 10.1. The molecule has 5 nitrogen and oxygen atoms in total. The molecule has 1 heterocycles. The Morgan fingerprint density at radius 1 is 1.09 bits per heavy atom. The van der Waals surface area contributed by atoms with E-state index in [1.807, 2.05) is 0 Å². The van der Waals surface area contributed by atoms with Gasteiger partial charge in [0.05, 0.1) is 5.69 Å². The minimum Gasteiger partial charge on any atom is -0.480 e. The van der Waals surface area contributed by atoms with Crippen molar-refractivity contribution in [2.45, 2.75) is 0 Å². The maximum Gasteiger partial charge on any atom is 0.322 e. The minimum absolute atomic E-state index is 0.000872. The number of fused-ring (bicyclic) bond motifs is 1. The fourth-order valence-corrected chi connectivity index (χ4v) is 2.28. The largest absolute Gasteiger partial charge is 0.480 e. The summed E-state index contributed by atoms with van der Waals surface area (Å²) in [7, 11) is 0. The first-order valence-corrected chi connectivity index (χ1v) is 6.83. The second-order valence-corrected chi connectivity index (χ2v) is 4.89. The van der Waals surface area contributed by atoms with Crippen molar-refractivity contribution in [3.05, 3.63) is 65.7 Å². The summed E-state index contributed by atoms with van der Waals surface area (Å²) in [6.45, 7) is -0.354. The van der Waals surface area contributed by atoms with Crippen LogP contribution in [0, 0.1) is 5.82 Å². The summed E-state index contributed by atoms with van der Waals surface area (Å²) in [5, 5.41) is 12.2. The molecule has 0 radical (unpaired) electrons. The van der Waals surface area contributed by atoms with E-state index in [1.165, 1.54) is 24.3 Å². The maximum atomic E-state index is 13.0. The van der Waals surface area contributed by atoms with Crippen molar-refractivity contribution in [3.63, 3.8) is 0 Å². The summed E-state index contributed by atoms with van der Waals surface area (Å²) < 4.78 is 18.6. The van der Waals surface area contributed by atoms with Crippen LogP contribution in [0.4, 0.5) is 10.1 Å². The zero-order chi connectivity index (χ0) is 16.4. The molecule has 0 amide bonds. The Morgan fingerprint density at radius 2 is 1.78 bits per heavy atom. The van der Waals surface area contributed by atoms with E-state index in [4.69, 9.17) is 9.52 Å². The molecule has 0 unspecified atom stereocenters. The van der Waals surface area contributed by atoms with Crippen LogP contribution >= 0.6 is 0 Å². The third-order valence-electron chi connectivity index (χ3n) is 3.32. The zero-order valence-electron chi connectivity index (χ0n) is 11.9. The van der Waals surface area contributed by atoms with E-state index in [-0.39, 0.29) is 17.9 Å². The SMILES string of the molecule is O=C(O)CNc1c(C(=O)c2ccc(F)cc2)oc2ccccc12. The Kier molecular flexibility index (Phi) is 3.80. The van der Waals surface area contributed by atoms with Gasteiger partial charge in [0.25, 0.3) is 0 Å². The van der Waals surface area contributed by atoms with Crippen molar-refractivity contribution in [1.29, 1.82) is 0 Å². The molecule has 1 aromatic heterocycles. The molecule has 0 fully saturated rings. The maximum absolute atomic E-state index is 13.0. The number of nitrogens with one attached hydrogen (secondary N) is 1. The Balaban J connectivity index is 2.08. The molecule has 6 heteroatoms. The Hall–Kier alpha value is -3.15. The fraction of sp³-hybridized carbons (Fsp3) is 0.0588. The molecule has 0 saturated carbocycles. The number of carbonyl (C=O) groups excluding carboxylic acids is 1. The molecule has 2 aromatic carbocycles. The molecule has 3 aromatic rings. The van der Waals surface area contributed by atoms with Gasteiger partial charge in [-0.2, -0.15) is 0 Å². The first kappa shape index (κ1) is 14.8. The third-order valence-corrected chi connectivity index (χ3v) is 3.32. The van der Waals surface area contributed by atoms with E-state index in [0.29, 0.717) is 16.7 Å². The number of aliphatic carboxylic acids is 1. The molecule has 0 aliphatic carbocycles. The molecule has 0 spiro atoms. The lowest BCUT2D eigenvalue weighted by Gasteiger charge is -2.04. The van der Waals surface area contributed by atoms with Gasteiger partial charge >= 0.3 is 5.97 Å². The number of halogens is 1. The standard InChI is InChI=1S/C17H12FNO4/c18-11-7-5-10(6-8-11)16(22)17-15(19-9-14(20)21)12-3-1-2-4-13(12)23-17/h1-8,19H,9H2,(H,20,21). The number of carboxylic acids is 1. The van der Waals surface area contributed by atoms with Crippen LogP contribution in [0.5, 0.6) is 0 Å².